The van der Waals surface area contributed by atoms with Crippen molar-refractivity contribution in [3.63, 3.8) is 0 Å². The van der Waals surface area contributed by atoms with Crippen molar-refractivity contribution in [2.75, 3.05) is 5.32 Å². The Morgan fingerprint density at radius 3 is 2.38 bits per heavy atom. The number of amides is 1. The third-order valence-electron chi connectivity index (χ3n) is 3.36. The molecule has 26 heavy (non-hydrogen) atoms. The molecule has 0 unspecified atom stereocenters. The summed E-state index contributed by atoms with van der Waals surface area (Å²) < 4.78 is 18.0. The lowest BCUT2D eigenvalue weighted by Gasteiger charge is -2.05. The van der Waals surface area contributed by atoms with E-state index < -0.39 is 5.97 Å². The van der Waals surface area contributed by atoms with Crippen LogP contribution in [0.4, 0.5) is 10.1 Å². The van der Waals surface area contributed by atoms with E-state index in [4.69, 9.17) is 4.74 Å². The molecule has 0 saturated heterocycles. The average Bonchev–Trinajstić information content (AvgIpc) is 3.18. The van der Waals surface area contributed by atoms with Crippen LogP contribution >= 0.6 is 11.3 Å². The summed E-state index contributed by atoms with van der Waals surface area (Å²) in [7, 11) is 0. The number of anilines is 1. The van der Waals surface area contributed by atoms with Crippen molar-refractivity contribution >= 4 is 35.0 Å². The molecule has 1 heterocycles. The topological polar surface area (TPSA) is 55.4 Å². The number of carbonyl (C=O) groups is 2. The fourth-order valence-electron chi connectivity index (χ4n) is 2.10. The van der Waals surface area contributed by atoms with Crippen molar-refractivity contribution in [2.24, 2.45) is 0 Å². The molecule has 3 rings (SSSR count). The summed E-state index contributed by atoms with van der Waals surface area (Å²) in [5, 5.41) is 4.59. The maximum atomic E-state index is 12.8. The average molecular weight is 367 g/mol. The van der Waals surface area contributed by atoms with E-state index in [1.807, 2.05) is 11.4 Å². The fourth-order valence-corrected chi connectivity index (χ4v) is 2.71. The van der Waals surface area contributed by atoms with Gasteiger partial charge in [-0.3, -0.25) is 4.79 Å². The molecule has 0 spiro atoms. The molecule has 1 aromatic heterocycles. The van der Waals surface area contributed by atoms with Crippen LogP contribution in [0, 0.1) is 5.82 Å². The molecule has 3 aromatic rings. The predicted octanol–water partition coefficient (Wildman–Crippen LogP) is 4.76. The zero-order valence-electron chi connectivity index (χ0n) is 13.5. The van der Waals surface area contributed by atoms with Crippen LogP contribution < -0.4 is 10.1 Å². The number of carbonyl (C=O) groups excluding carboxylic acids is 2. The van der Waals surface area contributed by atoms with Crippen LogP contribution in [0.15, 0.2) is 72.1 Å². The molecule has 4 nitrogen and oxygen atoms in total. The number of rotatable bonds is 5. The van der Waals surface area contributed by atoms with Crippen molar-refractivity contribution < 1.29 is 18.7 Å². The van der Waals surface area contributed by atoms with E-state index in [1.165, 1.54) is 35.6 Å². The Kier molecular flexibility index (Phi) is 5.56. The SMILES string of the molecule is O=C(/C=C/c1ccc(F)cc1)Oc1ccc(NC(=O)c2cccs2)cc1. The Labute approximate surface area is 153 Å². The molecular weight excluding hydrogens is 353 g/mol. The van der Waals surface area contributed by atoms with Crippen LogP contribution in [-0.4, -0.2) is 11.9 Å². The largest absolute Gasteiger partial charge is 0.423 e. The van der Waals surface area contributed by atoms with Crippen molar-refractivity contribution in [3.8, 4) is 5.75 Å². The molecule has 0 fully saturated rings. The summed E-state index contributed by atoms with van der Waals surface area (Å²) in [6.45, 7) is 0. The molecule has 0 aliphatic rings. The third kappa shape index (κ3) is 4.87. The zero-order chi connectivity index (χ0) is 18.4. The number of ether oxygens (including phenoxy) is 1. The maximum absolute atomic E-state index is 12.8. The Bertz CT molecular complexity index is 917. The van der Waals surface area contributed by atoms with Gasteiger partial charge in [0.15, 0.2) is 0 Å². The van der Waals surface area contributed by atoms with Crippen LogP contribution in [0.5, 0.6) is 5.75 Å². The molecule has 0 aliphatic carbocycles. The van der Waals surface area contributed by atoms with Crippen molar-refractivity contribution in [2.45, 2.75) is 0 Å². The lowest BCUT2D eigenvalue weighted by Crippen LogP contribution is -2.10. The second kappa shape index (κ2) is 8.22. The van der Waals surface area contributed by atoms with E-state index in [9.17, 15) is 14.0 Å². The smallest absolute Gasteiger partial charge is 0.336 e. The van der Waals surface area contributed by atoms with Gasteiger partial charge in [-0.2, -0.15) is 0 Å². The molecular formula is C20H14FNO3S. The second-order valence-corrected chi connectivity index (χ2v) is 6.21. The predicted molar refractivity (Wildman–Crippen MR) is 99.8 cm³/mol. The molecule has 130 valence electrons. The molecule has 0 radical (unpaired) electrons. The van der Waals surface area contributed by atoms with Crippen LogP contribution in [0.25, 0.3) is 6.08 Å². The number of benzene rings is 2. The van der Waals surface area contributed by atoms with Gasteiger partial charge < -0.3 is 10.1 Å². The first-order valence-corrected chi connectivity index (χ1v) is 8.58. The fraction of sp³-hybridized carbons (Fsp3) is 0. The highest BCUT2D eigenvalue weighted by Crippen LogP contribution is 2.18. The first kappa shape index (κ1) is 17.6. The zero-order valence-corrected chi connectivity index (χ0v) is 14.3. The normalized spacial score (nSPS) is 10.7. The number of hydrogen-bond donors (Lipinski definition) is 1. The standard InChI is InChI=1S/C20H14FNO3S/c21-15-6-3-14(4-7-15)5-12-19(23)25-17-10-8-16(9-11-17)22-20(24)18-2-1-13-26-18/h1-13H,(H,22,24)/b12-5+. The summed E-state index contributed by atoms with van der Waals surface area (Å²) in [5.41, 5.74) is 1.29. The van der Waals surface area contributed by atoms with E-state index in [-0.39, 0.29) is 11.7 Å². The van der Waals surface area contributed by atoms with Crippen molar-refractivity contribution in [1.29, 1.82) is 0 Å². The molecule has 0 aliphatic heterocycles. The van der Waals surface area contributed by atoms with Gasteiger partial charge in [0.05, 0.1) is 4.88 Å². The highest BCUT2D eigenvalue weighted by atomic mass is 32.1. The Balaban J connectivity index is 1.55. The van der Waals surface area contributed by atoms with E-state index in [0.717, 1.165) is 0 Å². The maximum Gasteiger partial charge on any atom is 0.336 e. The molecule has 0 saturated carbocycles. The van der Waals surface area contributed by atoms with Gasteiger partial charge in [0.1, 0.15) is 11.6 Å². The number of halogens is 1. The van der Waals surface area contributed by atoms with Crippen LogP contribution in [0.1, 0.15) is 15.2 Å². The molecule has 0 bridgehead atoms. The van der Waals surface area contributed by atoms with Gasteiger partial charge >= 0.3 is 5.97 Å². The van der Waals surface area contributed by atoms with Crippen molar-refractivity contribution in [3.05, 3.63) is 88.4 Å². The van der Waals surface area contributed by atoms with Gasteiger partial charge in [0, 0.05) is 11.8 Å². The minimum Gasteiger partial charge on any atom is -0.423 e. The van der Waals surface area contributed by atoms with Gasteiger partial charge in [-0.25, -0.2) is 9.18 Å². The number of hydrogen-bond acceptors (Lipinski definition) is 4. The van der Waals surface area contributed by atoms with Gasteiger partial charge in [-0.05, 0) is 59.5 Å². The van der Waals surface area contributed by atoms with Gasteiger partial charge in [-0.15, -0.1) is 11.3 Å². The number of nitrogens with one attached hydrogen (secondary N) is 1. The first-order valence-electron chi connectivity index (χ1n) is 7.70. The van der Waals surface area contributed by atoms with Gasteiger partial charge in [0.25, 0.3) is 5.91 Å². The van der Waals surface area contributed by atoms with E-state index >= 15 is 0 Å². The molecule has 1 amide bonds. The molecule has 6 heteroatoms. The number of esters is 1. The van der Waals surface area contributed by atoms with Crippen LogP contribution in [0.3, 0.4) is 0 Å². The van der Waals surface area contributed by atoms with Gasteiger partial charge in [-0.1, -0.05) is 18.2 Å². The second-order valence-electron chi connectivity index (χ2n) is 5.26. The summed E-state index contributed by atoms with van der Waals surface area (Å²) in [4.78, 5) is 24.4. The van der Waals surface area contributed by atoms with Crippen LogP contribution in [-0.2, 0) is 4.79 Å². The summed E-state index contributed by atoms with van der Waals surface area (Å²) >= 11 is 1.36. The lowest BCUT2D eigenvalue weighted by molar-refractivity contribution is -0.128. The Hall–Kier alpha value is -3.25. The Morgan fingerprint density at radius 1 is 1.00 bits per heavy atom. The minimum atomic E-state index is -0.551. The van der Waals surface area contributed by atoms with E-state index in [1.54, 1.807) is 42.5 Å². The van der Waals surface area contributed by atoms with E-state index in [0.29, 0.717) is 21.9 Å². The van der Waals surface area contributed by atoms with Crippen LogP contribution in [0.2, 0.25) is 0 Å². The van der Waals surface area contributed by atoms with Crippen molar-refractivity contribution in [1.82, 2.24) is 0 Å². The summed E-state index contributed by atoms with van der Waals surface area (Å²) in [5.74, 6) is -0.722. The summed E-state index contributed by atoms with van der Waals surface area (Å²) in [6.07, 6.45) is 2.80. The molecule has 2 aromatic carbocycles. The summed E-state index contributed by atoms with van der Waals surface area (Å²) in [6, 6.07) is 15.8. The highest BCUT2D eigenvalue weighted by Gasteiger charge is 2.07. The lowest BCUT2D eigenvalue weighted by atomic mass is 10.2. The van der Waals surface area contributed by atoms with Gasteiger partial charge in [0.2, 0.25) is 0 Å². The third-order valence-corrected chi connectivity index (χ3v) is 4.23. The highest BCUT2D eigenvalue weighted by molar-refractivity contribution is 7.12. The quantitative estimate of drug-likeness (QED) is 0.402. The monoisotopic (exact) mass is 367 g/mol. The minimum absolute atomic E-state index is 0.188. The molecule has 1 N–H and O–H groups in total. The Morgan fingerprint density at radius 2 is 1.73 bits per heavy atom. The van der Waals surface area contributed by atoms with E-state index in [2.05, 4.69) is 5.32 Å². The number of thiophene rings is 1. The molecule has 0 atom stereocenters. The first-order chi connectivity index (χ1) is 12.6.